The molecule has 0 saturated carbocycles. The number of anilines is 1. The topological polar surface area (TPSA) is 69.6 Å². The van der Waals surface area contributed by atoms with Gasteiger partial charge in [0.05, 0.1) is 10.7 Å². The molecule has 0 unspecified atom stereocenters. The lowest BCUT2D eigenvalue weighted by Crippen LogP contribution is -2.50. The zero-order valence-electron chi connectivity index (χ0n) is 11.4. The molecule has 0 atom stereocenters. The third-order valence-corrected chi connectivity index (χ3v) is 3.50. The van der Waals surface area contributed by atoms with Crippen LogP contribution in [0.15, 0.2) is 18.2 Å². The molecule has 0 spiro atoms. The first kappa shape index (κ1) is 17.0. The second-order valence-electron chi connectivity index (χ2n) is 5.21. The number of benzene rings is 1. The highest BCUT2D eigenvalue weighted by atomic mass is 127. The smallest absolute Gasteiger partial charge is 0.323 e. The molecule has 7 heteroatoms. The van der Waals surface area contributed by atoms with Crippen LogP contribution in [-0.2, 0) is 4.79 Å². The first-order valence-corrected chi connectivity index (χ1v) is 7.32. The van der Waals surface area contributed by atoms with Crippen LogP contribution < -0.4 is 5.32 Å². The maximum absolute atomic E-state index is 12.2. The largest absolute Gasteiger partial charge is 0.480 e. The molecule has 1 aromatic carbocycles. The summed E-state index contributed by atoms with van der Waals surface area (Å²) in [6.07, 6.45) is 0. The van der Waals surface area contributed by atoms with E-state index in [1.165, 1.54) is 4.90 Å². The molecule has 2 amide bonds. The zero-order valence-corrected chi connectivity index (χ0v) is 14.3. The molecule has 110 valence electrons. The molecule has 5 nitrogen and oxygen atoms in total. The van der Waals surface area contributed by atoms with Crippen molar-refractivity contribution in [2.75, 3.05) is 11.9 Å². The molecule has 2 N–H and O–H groups in total. The van der Waals surface area contributed by atoms with E-state index in [0.29, 0.717) is 10.7 Å². The van der Waals surface area contributed by atoms with Crippen LogP contribution in [0.25, 0.3) is 0 Å². The van der Waals surface area contributed by atoms with E-state index in [-0.39, 0.29) is 6.54 Å². The fourth-order valence-corrected chi connectivity index (χ4v) is 2.43. The van der Waals surface area contributed by atoms with Gasteiger partial charge in [-0.15, -0.1) is 0 Å². The molecule has 1 aromatic rings. The predicted molar refractivity (Wildman–Crippen MR) is 87.3 cm³/mol. The Bertz CT molecular complexity index is 529. The minimum Gasteiger partial charge on any atom is -0.480 e. The third-order valence-electron chi connectivity index (χ3n) is 2.52. The van der Waals surface area contributed by atoms with Crippen LogP contribution in [0.1, 0.15) is 20.8 Å². The maximum atomic E-state index is 12.2. The quantitative estimate of drug-likeness (QED) is 0.747. The molecule has 0 saturated heterocycles. The Labute approximate surface area is 136 Å². The van der Waals surface area contributed by atoms with Gasteiger partial charge in [0.1, 0.15) is 6.54 Å². The minimum absolute atomic E-state index is 0.378. The summed E-state index contributed by atoms with van der Waals surface area (Å²) in [4.78, 5) is 24.3. The van der Waals surface area contributed by atoms with Crippen LogP contribution in [0, 0.1) is 3.57 Å². The number of halogens is 2. The van der Waals surface area contributed by atoms with E-state index >= 15 is 0 Å². The molecule has 0 aliphatic carbocycles. The second-order valence-corrected chi connectivity index (χ2v) is 6.86. The molecular formula is C13H16ClIN2O3. The Morgan fingerprint density at radius 1 is 1.40 bits per heavy atom. The average molecular weight is 411 g/mol. The number of hydrogen-bond acceptors (Lipinski definition) is 2. The molecule has 20 heavy (non-hydrogen) atoms. The van der Waals surface area contributed by atoms with Gasteiger partial charge in [-0.2, -0.15) is 0 Å². The van der Waals surface area contributed by atoms with Gasteiger partial charge >= 0.3 is 12.0 Å². The van der Waals surface area contributed by atoms with Gasteiger partial charge in [-0.05, 0) is 61.6 Å². The highest BCUT2D eigenvalue weighted by molar-refractivity contribution is 14.1. The first-order chi connectivity index (χ1) is 9.11. The van der Waals surface area contributed by atoms with Gasteiger partial charge in [0.25, 0.3) is 0 Å². The summed E-state index contributed by atoms with van der Waals surface area (Å²) in [5.41, 5.74) is -0.158. The number of rotatable bonds is 3. The molecule has 0 heterocycles. The molecular weight excluding hydrogens is 395 g/mol. The van der Waals surface area contributed by atoms with Gasteiger partial charge in [-0.25, -0.2) is 4.79 Å². The van der Waals surface area contributed by atoms with Gasteiger partial charge < -0.3 is 15.3 Å². The van der Waals surface area contributed by atoms with Crippen molar-refractivity contribution in [3.8, 4) is 0 Å². The van der Waals surface area contributed by atoms with Gasteiger partial charge in [0, 0.05) is 9.11 Å². The lowest BCUT2D eigenvalue weighted by molar-refractivity contribution is -0.138. The average Bonchev–Trinajstić information content (AvgIpc) is 2.28. The predicted octanol–water partition coefficient (Wildman–Crippen LogP) is 3.66. The van der Waals surface area contributed by atoms with E-state index < -0.39 is 17.5 Å². The number of aliphatic carboxylic acids is 1. The molecule has 0 aliphatic heterocycles. The van der Waals surface area contributed by atoms with Crippen molar-refractivity contribution >= 4 is 51.9 Å². The standard InChI is InChI=1S/C13H16ClIN2O3/c1-13(2,3)17(7-11(18)19)12(20)16-10-5-4-8(15)6-9(10)14/h4-6H,7H2,1-3H3,(H,16,20)(H,18,19). The number of hydrogen-bond donors (Lipinski definition) is 2. The number of carbonyl (C=O) groups is 2. The summed E-state index contributed by atoms with van der Waals surface area (Å²) < 4.78 is 0.948. The highest BCUT2D eigenvalue weighted by Crippen LogP contribution is 2.25. The van der Waals surface area contributed by atoms with Gasteiger partial charge in [-0.3, -0.25) is 4.79 Å². The Kier molecular flexibility index (Phi) is 5.64. The summed E-state index contributed by atoms with van der Waals surface area (Å²) >= 11 is 8.16. The molecule has 0 bridgehead atoms. The number of urea groups is 1. The van der Waals surface area contributed by atoms with Crippen molar-refractivity contribution in [3.63, 3.8) is 0 Å². The minimum atomic E-state index is -1.07. The molecule has 0 aliphatic rings. The van der Waals surface area contributed by atoms with Crippen LogP contribution >= 0.6 is 34.2 Å². The first-order valence-electron chi connectivity index (χ1n) is 5.86. The zero-order chi connectivity index (χ0) is 15.5. The molecule has 0 aromatic heterocycles. The van der Waals surface area contributed by atoms with Gasteiger partial charge in [-0.1, -0.05) is 11.6 Å². The van der Waals surface area contributed by atoms with Crippen molar-refractivity contribution in [3.05, 3.63) is 26.8 Å². The normalized spacial score (nSPS) is 11.1. The van der Waals surface area contributed by atoms with Crippen LogP contribution in [0.4, 0.5) is 10.5 Å². The summed E-state index contributed by atoms with van der Waals surface area (Å²) in [6.45, 7) is 4.93. The Morgan fingerprint density at radius 2 is 2.00 bits per heavy atom. The summed E-state index contributed by atoms with van der Waals surface area (Å²) in [7, 11) is 0. The van der Waals surface area contributed by atoms with E-state index in [2.05, 4.69) is 27.9 Å². The summed E-state index contributed by atoms with van der Waals surface area (Å²) in [5, 5.41) is 12.0. The Morgan fingerprint density at radius 3 is 2.45 bits per heavy atom. The highest BCUT2D eigenvalue weighted by Gasteiger charge is 2.28. The molecule has 0 fully saturated rings. The lowest BCUT2D eigenvalue weighted by Gasteiger charge is -2.34. The van der Waals surface area contributed by atoms with Gasteiger partial charge in [0.15, 0.2) is 0 Å². The van der Waals surface area contributed by atoms with Crippen molar-refractivity contribution in [2.45, 2.75) is 26.3 Å². The Hall–Kier alpha value is -1.02. The number of carboxylic acid groups (broad SMARTS) is 1. The van der Waals surface area contributed by atoms with E-state index in [1.807, 2.05) is 0 Å². The summed E-state index contributed by atoms with van der Waals surface area (Å²) in [5.74, 6) is -1.07. The van der Waals surface area contributed by atoms with E-state index in [9.17, 15) is 9.59 Å². The molecule has 0 radical (unpaired) electrons. The van der Waals surface area contributed by atoms with Crippen molar-refractivity contribution in [1.82, 2.24) is 4.90 Å². The Balaban J connectivity index is 2.93. The third kappa shape index (κ3) is 4.82. The summed E-state index contributed by atoms with van der Waals surface area (Å²) in [6, 6.07) is 4.71. The number of nitrogens with zero attached hydrogens (tertiary/aromatic N) is 1. The fourth-order valence-electron chi connectivity index (χ4n) is 1.52. The van der Waals surface area contributed by atoms with Crippen molar-refractivity contribution < 1.29 is 14.7 Å². The SMILES string of the molecule is CC(C)(C)N(CC(=O)O)C(=O)Nc1ccc(I)cc1Cl. The van der Waals surface area contributed by atoms with Crippen LogP contribution in [0.2, 0.25) is 5.02 Å². The van der Waals surface area contributed by atoms with Crippen molar-refractivity contribution in [1.29, 1.82) is 0 Å². The van der Waals surface area contributed by atoms with Crippen LogP contribution in [-0.4, -0.2) is 34.1 Å². The van der Waals surface area contributed by atoms with Crippen molar-refractivity contribution in [2.24, 2.45) is 0 Å². The molecule has 1 rings (SSSR count). The van der Waals surface area contributed by atoms with Gasteiger partial charge in [0.2, 0.25) is 0 Å². The van der Waals surface area contributed by atoms with Crippen LogP contribution in [0.5, 0.6) is 0 Å². The number of amides is 2. The van der Waals surface area contributed by atoms with E-state index in [0.717, 1.165) is 3.57 Å². The fraction of sp³-hybridized carbons (Fsp3) is 0.385. The second kappa shape index (κ2) is 6.62. The number of nitrogens with one attached hydrogen (secondary N) is 1. The van der Waals surface area contributed by atoms with E-state index in [4.69, 9.17) is 16.7 Å². The lowest BCUT2D eigenvalue weighted by atomic mass is 10.1. The number of carbonyl (C=O) groups excluding carboxylic acids is 1. The van der Waals surface area contributed by atoms with E-state index in [1.54, 1.807) is 39.0 Å². The maximum Gasteiger partial charge on any atom is 0.323 e. The van der Waals surface area contributed by atoms with Crippen LogP contribution in [0.3, 0.4) is 0 Å². The monoisotopic (exact) mass is 410 g/mol. The number of carboxylic acids is 1.